The van der Waals surface area contributed by atoms with Gasteiger partial charge in [-0.15, -0.1) is 0 Å². The predicted molar refractivity (Wildman–Crippen MR) is 139 cm³/mol. The predicted octanol–water partition coefficient (Wildman–Crippen LogP) is 2.09. The Balaban J connectivity index is 1.52. The van der Waals surface area contributed by atoms with E-state index in [1.807, 2.05) is 36.6 Å². The van der Waals surface area contributed by atoms with Crippen LogP contribution in [0.5, 0.6) is 0 Å². The molecule has 2 fully saturated rings. The molecule has 10 heteroatoms. The van der Waals surface area contributed by atoms with Crippen LogP contribution in [-0.4, -0.2) is 82.5 Å². The van der Waals surface area contributed by atoms with E-state index >= 15 is 0 Å². The summed E-state index contributed by atoms with van der Waals surface area (Å²) in [7, 11) is 3.78. The van der Waals surface area contributed by atoms with E-state index < -0.39 is 0 Å². The lowest BCUT2D eigenvalue weighted by molar-refractivity contribution is 0.0945. The highest BCUT2D eigenvalue weighted by Gasteiger charge is 2.27. The van der Waals surface area contributed by atoms with Gasteiger partial charge in [-0.2, -0.15) is 5.10 Å². The Bertz CT molecular complexity index is 1310. The molecule has 0 bridgehead atoms. The molecule has 0 spiro atoms. The number of anilines is 2. The Labute approximate surface area is 211 Å². The molecule has 3 aromatic rings. The summed E-state index contributed by atoms with van der Waals surface area (Å²) in [5.41, 5.74) is 5.45. The molecule has 1 aliphatic carbocycles. The van der Waals surface area contributed by atoms with Gasteiger partial charge in [0.25, 0.3) is 11.8 Å². The van der Waals surface area contributed by atoms with Crippen molar-refractivity contribution in [2.24, 2.45) is 0 Å². The van der Waals surface area contributed by atoms with Gasteiger partial charge in [-0.05, 0) is 57.0 Å². The topological polar surface area (TPSA) is 107 Å². The number of amides is 2. The zero-order valence-electron chi connectivity index (χ0n) is 21.4. The molecule has 0 radical (unpaired) electrons. The molecule has 190 valence electrons. The summed E-state index contributed by atoms with van der Waals surface area (Å²) < 4.78 is 1.84. The SMILES string of the molecule is CNC(=O)c1c(C)c2c(Nc3cc(C(=O)NC4CC4)ccc3C)ncnn2c1CN1CCN(C)CC1. The highest BCUT2D eigenvalue weighted by Crippen LogP contribution is 2.31. The summed E-state index contributed by atoms with van der Waals surface area (Å²) in [6, 6.07) is 5.92. The molecule has 0 unspecified atom stereocenters. The van der Waals surface area contributed by atoms with Gasteiger partial charge in [-0.3, -0.25) is 14.5 Å². The Hall–Kier alpha value is -3.50. The molecule has 2 aliphatic rings. The van der Waals surface area contributed by atoms with Crippen molar-refractivity contribution in [3.63, 3.8) is 0 Å². The number of aryl methyl sites for hydroxylation is 2. The lowest BCUT2D eigenvalue weighted by Crippen LogP contribution is -2.44. The third kappa shape index (κ3) is 4.78. The Kier molecular flexibility index (Phi) is 6.63. The van der Waals surface area contributed by atoms with Gasteiger partial charge in [0.2, 0.25) is 0 Å². The van der Waals surface area contributed by atoms with Crippen LogP contribution in [0.15, 0.2) is 24.5 Å². The van der Waals surface area contributed by atoms with Gasteiger partial charge < -0.3 is 20.9 Å². The van der Waals surface area contributed by atoms with E-state index in [9.17, 15) is 9.59 Å². The number of benzene rings is 1. The van der Waals surface area contributed by atoms with Crippen molar-refractivity contribution in [2.75, 3.05) is 45.6 Å². The number of nitrogens with one attached hydrogen (secondary N) is 3. The average molecular weight is 491 g/mol. The van der Waals surface area contributed by atoms with Crippen molar-refractivity contribution in [1.29, 1.82) is 0 Å². The summed E-state index contributed by atoms with van der Waals surface area (Å²) in [6.45, 7) is 8.39. The molecule has 2 aromatic heterocycles. The quantitative estimate of drug-likeness (QED) is 0.466. The number of aromatic nitrogens is 3. The second-order valence-electron chi connectivity index (χ2n) is 9.88. The second kappa shape index (κ2) is 9.87. The zero-order chi connectivity index (χ0) is 25.4. The number of nitrogens with zero attached hydrogens (tertiary/aromatic N) is 5. The molecular formula is C26H34N8O2. The third-order valence-corrected chi connectivity index (χ3v) is 7.15. The Morgan fingerprint density at radius 3 is 2.53 bits per heavy atom. The van der Waals surface area contributed by atoms with Crippen LogP contribution in [0, 0.1) is 13.8 Å². The third-order valence-electron chi connectivity index (χ3n) is 7.15. The van der Waals surface area contributed by atoms with Gasteiger partial charge in [-0.1, -0.05) is 6.07 Å². The molecule has 0 atom stereocenters. The number of hydrogen-bond donors (Lipinski definition) is 3. The van der Waals surface area contributed by atoms with Crippen LogP contribution < -0.4 is 16.0 Å². The molecule has 1 aliphatic heterocycles. The number of rotatable bonds is 7. The molecule has 3 N–H and O–H groups in total. The van der Waals surface area contributed by atoms with Gasteiger partial charge >= 0.3 is 0 Å². The smallest absolute Gasteiger partial charge is 0.253 e. The van der Waals surface area contributed by atoms with Crippen LogP contribution in [0.2, 0.25) is 0 Å². The number of carbonyl (C=O) groups is 2. The first kappa shape index (κ1) is 24.2. The molecule has 1 saturated carbocycles. The average Bonchev–Trinajstić information content (AvgIpc) is 3.64. The first-order valence-electron chi connectivity index (χ1n) is 12.5. The largest absolute Gasteiger partial charge is 0.355 e. The molecule has 2 amide bonds. The normalized spacial score (nSPS) is 16.8. The summed E-state index contributed by atoms with van der Waals surface area (Å²) in [6.07, 6.45) is 3.59. The van der Waals surface area contributed by atoms with E-state index in [0.29, 0.717) is 29.5 Å². The second-order valence-corrected chi connectivity index (χ2v) is 9.88. The lowest BCUT2D eigenvalue weighted by Gasteiger charge is -2.32. The molecule has 10 nitrogen and oxygen atoms in total. The Morgan fingerprint density at radius 2 is 1.83 bits per heavy atom. The highest BCUT2D eigenvalue weighted by molar-refractivity contribution is 6.01. The molecule has 1 aromatic carbocycles. The summed E-state index contributed by atoms with van der Waals surface area (Å²) >= 11 is 0. The van der Waals surface area contributed by atoms with E-state index in [4.69, 9.17) is 0 Å². The summed E-state index contributed by atoms with van der Waals surface area (Å²) in [4.78, 5) is 34.8. The first-order chi connectivity index (χ1) is 17.4. The van der Waals surface area contributed by atoms with E-state index in [1.165, 1.54) is 6.33 Å². The van der Waals surface area contributed by atoms with Crippen molar-refractivity contribution >= 4 is 28.8 Å². The van der Waals surface area contributed by atoms with Crippen LogP contribution >= 0.6 is 0 Å². The van der Waals surface area contributed by atoms with Crippen LogP contribution in [0.3, 0.4) is 0 Å². The lowest BCUT2D eigenvalue weighted by atomic mass is 10.1. The van der Waals surface area contributed by atoms with E-state index in [0.717, 1.165) is 67.0 Å². The van der Waals surface area contributed by atoms with Crippen molar-refractivity contribution in [3.8, 4) is 0 Å². The van der Waals surface area contributed by atoms with Crippen molar-refractivity contribution in [3.05, 3.63) is 52.5 Å². The minimum Gasteiger partial charge on any atom is -0.355 e. The zero-order valence-corrected chi connectivity index (χ0v) is 21.4. The van der Waals surface area contributed by atoms with E-state index in [2.05, 4.69) is 42.9 Å². The van der Waals surface area contributed by atoms with Gasteiger partial charge in [0.1, 0.15) is 11.8 Å². The maximum Gasteiger partial charge on any atom is 0.253 e. The maximum atomic E-state index is 13.0. The fourth-order valence-corrected chi connectivity index (χ4v) is 4.74. The monoisotopic (exact) mass is 490 g/mol. The first-order valence-corrected chi connectivity index (χ1v) is 12.5. The van der Waals surface area contributed by atoms with Crippen LogP contribution in [0.25, 0.3) is 5.52 Å². The van der Waals surface area contributed by atoms with Crippen molar-refractivity contribution < 1.29 is 9.59 Å². The highest BCUT2D eigenvalue weighted by atomic mass is 16.2. The number of piperazine rings is 1. The van der Waals surface area contributed by atoms with Crippen LogP contribution in [0.4, 0.5) is 11.5 Å². The molecule has 1 saturated heterocycles. The number of fused-ring (bicyclic) bond motifs is 1. The fraction of sp³-hybridized carbons (Fsp3) is 0.462. The summed E-state index contributed by atoms with van der Waals surface area (Å²) in [5, 5.41) is 13.8. The van der Waals surface area contributed by atoms with E-state index in [-0.39, 0.29) is 11.8 Å². The van der Waals surface area contributed by atoms with Crippen molar-refractivity contribution in [1.82, 2.24) is 35.0 Å². The van der Waals surface area contributed by atoms with Gasteiger partial charge in [0.05, 0.1) is 11.3 Å². The van der Waals surface area contributed by atoms with Gasteiger partial charge in [0, 0.05) is 57.1 Å². The van der Waals surface area contributed by atoms with E-state index in [1.54, 1.807) is 7.05 Å². The van der Waals surface area contributed by atoms with Crippen molar-refractivity contribution in [2.45, 2.75) is 39.3 Å². The fourth-order valence-electron chi connectivity index (χ4n) is 4.74. The maximum absolute atomic E-state index is 13.0. The minimum absolute atomic E-state index is 0.0661. The van der Waals surface area contributed by atoms with Crippen LogP contribution in [0.1, 0.15) is 50.4 Å². The molecule has 36 heavy (non-hydrogen) atoms. The van der Waals surface area contributed by atoms with Gasteiger partial charge in [0.15, 0.2) is 5.82 Å². The van der Waals surface area contributed by atoms with Crippen LogP contribution in [-0.2, 0) is 6.54 Å². The molecule has 3 heterocycles. The minimum atomic E-state index is -0.136. The standard InChI is InChI=1S/C26H34N8O2/c1-16-5-6-18(25(35)30-19-7-8-19)13-20(16)31-24-23-17(2)22(26(36)27-3)21(34(23)29-15-28-24)14-33-11-9-32(4)10-12-33/h5-6,13,15,19H,7-12,14H2,1-4H3,(H,27,36)(H,30,35)(H,28,29,31). The number of carbonyl (C=O) groups excluding carboxylic acids is 2. The number of hydrogen-bond acceptors (Lipinski definition) is 7. The number of likely N-dealkylation sites (N-methyl/N-ethyl adjacent to an activating group) is 1. The van der Waals surface area contributed by atoms with Gasteiger partial charge in [-0.25, -0.2) is 9.50 Å². The molecular weight excluding hydrogens is 456 g/mol. The summed E-state index contributed by atoms with van der Waals surface area (Å²) in [5.74, 6) is 0.395. The Morgan fingerprint density at radius 1 is 1.08 bits per heavy atom. The molecule has 5 rings (SSSR count).